The van der Waals surface area contributed by atoms with E-state index in [-0.39, 0.29) is 17.4 Å². The number of nitrogen functional groups attached to an aromatic ring is 1. The van der Waals surface area contributed by atoms with Crippen molar-refractivity contribution in [1.29, 1.82) is 0 Å². The molecule has 2 rings (SSSR count). The third kappa shape index (κ3) is 3.09. The van der Waals surface area contributed by atoms with Crippen LogP contribution < -0.4 is 11.1 Å². The molecule has 1 amide bonds. The Morgan fingerprint density at radius 2 is 2.10 bits per heavy atom. The van der Waals surface area contributed by atoms with Crippen LogP contribution in [-0.2, 0) is 0 Å². The summed E-state index contributed by atoms with van der Waals surface area (Å²) in [6.07, 6.45) is 1.43. The van der Waals surface area contributed by atoms with Crippen molar-refractivity contribution >= 4 is 39.0 Å². The van der Waals surface area contributed by atoms with E-state index >= 15 is 0 Å². The summed E-state index contributed by atoms with van der Waals surface area (Å²) in [6.45, 7) is 0. The van der Waals surface area contributed by atoms with Gasteiger partial charge < -0.3 is 11.1 Å². The molecular weight excluding hydrogens is 328 g/mol. The minimum Gasteiger partial charge on any atom is -0.384 e. The Morgan fingerprint density at radius 1 is 1.35 bits per heavy atom. The van der Waals surface area contributed by atoms with Crippen LogP contribution in [0.3, 0.4) is 0 Å². The summed E-state index contributed by atoms with van der Waals surface area (Å²) in [5.41, 5.74) is 6.21. The van der Waals surface area contributed by atoms with Gasteiger partial charge in [0, 0.05) is 28.4 Å². The molecule has 8 heteroatoms. The van der Waals surface area contributed by atoms with E-state index in [4.69, 9.17) is 5.73 Å². The average molecular weight is 337 g/mol. The van der Waals surface area contributed by atoms with Crippen molar-refractivity contribution in [2.75, 3.05) is 11.1 Å². The lowest BCUT2D eigenvalue weighted by Crippen LogP contribution is -2.13. The number of nitro benzene ring substituents is 1. The Balaban J connectivity index is 2.22. The van der Waals surface area contributed by atoms with E-state index in [1.54, 1.807) is 0 Å². The Morgan fingerprint density at radius 3 is 2.70 bits per heavy atom. The quantitative estimate of drug-likeness (QED) is 0.660. The molecule has 0 fully saturated rings. The van der Waals surface area contributed by atoms with Crippen molar-refractivity contribution < 1.29 is 9.72 Å². The van der Waals surface area contributed by atoms with Gasteiger partial charge in [-0.3, -0.25) is 14.9 Å². The fraction of sp³-hybridized carbons (Fsp3) is 0. The maximum Gasteiger partial charge on any atom is 0.270 e. The van der Waals surface area contributed by atoms with Crippen molar-refractivity contribution in [3.63, 3.8) is 0 Å². The normalized spacial score (nSPS) is 10.1. The number of pyridine rings is 1. The molecule has 0 saturated carbocycles. The lowest BCUT2D eigenvalue weighted by Gasteiger charge is -2.07. The molecule has 20 heavy (non-hydrogen) atoms. The number of nitrogens with one attached hydrogen (secondary N) is 1. The van der Waals surface area contributed by atoms with Crippen LogP contribution in [0, 0.1) is 10.1 Å². The van der Waals surface area contributed by atoms with E-state index in [0.29, 0.717) is 15.7 Å². The highest BCUT2D eigenvalue weighted by Gasteiger charge is 2.12. The van der Waals surface area contributed by atoms with Crippen molar-refractivity contribution in [2.24, 2.45) is 0 Å². The van der Waals surface area contributed by atoms with E-state index < -0.39 is 4.92 Å². The lowest BCUT2D eigenvalue weighted by atomic mass is 10.2. The number of hydrogen-bond acceptors (Lipinski definition) is 5. The zero-order valence-electron chi connectivity index (χ0n) is 10.0. The highest BCUT2D eigenvalue weighted by Crippen LogP contribution is 2.27. The summed E-state index contributed by atoms with van der Waals surface area (Å²) in [5, 5.41) is 13.3. The van der Waals surface area contributed by atoms with Crippen molar-refractivity contribution in [1.82, 2.24) is 4.98 Å². The number of amides is 1. The summed E-state index contributed by atoms with van der Waals surface area (Å²) >= 11 is 3.17. The molecule has 0 aliphatic carbocycles. The van der Waals surface area contributed by atoms with Crippen LogP contribution >= 0.6 is 15.9 Å². The van der Waals surface area contributed by atoms with Crippen LogP contribution in [0.2, 0.25) is 0 Å². The third-order valence-electron chi connectivity index (χ3n) is 2.45. The Kier molecular flexibility index (Phi) is 3.94. The molecule has 0 unspecified atom stereocenters. The van der Waals surface area contributed by atoms with Gasteiger partial charge in [-0.15, -0.1) is 0 Å². The van der Waals surface area contributed by atoms with Gasteiger partial charge in [0.2, 0.25) is 0 Å². The molecule has 0 bridgehead atoms. The zero-order chi connectivity index (χ0) is 14.7. The van der Waals surface area contributed by atoms with Gasteiger partial charge in [0.25, 0.3) is 11.6 Å². The van der Waals surface area contributed by atoms with Gasteiger partial charge in [0.1, 0.15) is 5.82 Å². The molecule has 0 spiro atoms. The van der Waals surface area contributed by atoms with Crippen LogP contribution in [0.1, 0.15) is 10.4 Å². The molecule has 0 saturated heterocycles. The number of non-ortho nitro benzene ring substituents is 1. The molecule has 0 atom stereocenters. The number of nitrogens with zero attached hydrogens (tertiary/aromatic N) is 2. The highest BCUT2D eigenvalue weighted by atomic mass is 79.9. The molecule has 7 nitrogen and oxygen atoms in total. The predicted molar refractivity (Wildman–Crippen MR) is 77.4 cm³/mol. The maximum atomic E-state index is 12.0. The number of hydrogen-bond donors (Lipinski definition) is 2. The summed E-state index contributed by atoms with van der Waals surface area (Å²) in [5.74, 6) is -0.144. The average Bonchev–Trinajstić information content (AvgIpc) is 2.40. The SMILES string of the molecule is Nc1cc(C(=O)Nc2ccc([N+](=O)[O-])cc2Br)ccn1. The van der Waals surface area contributed by atoms with Gasteiger partial charge in [-0.05, 0) is 34.1 Å². The monoisotopic (exact) mass is 336 g/mol. The van der Waals surface area contributed by atoms with Gasteiger partial charge in [-0.1, -0.05) is 0 Å². The third-order valence-corrected chi connectivity index (χ3v) is 3.11. The number of nitro groups is 1. The van der Waals surface area contributed by atoms with Crippen LogP contribution in [0.25, 0.3) is 0 Å². The van der Waals surface area contributed by atoms with Crippen molar-refractivity contribution in [3.05, 3.63) is 56.7 Å². The molecule has 1 aromatic heterocycles. The van der Waals surface area contributed by atoms with E-state index in [0.717, 1.165) is 0 Å². The van der Waals surface area contributed by atoms with Gasteiger partial charge >= 0.3 is 0 Å². The minimum absolute atomic E-state index is 0.0666. The number of halogens is 1. The molecule has 0 aliphatic heterocycles. The number of anilines is 2. The number of carbonyl (C=O) groups excluding carboxylic acids is 1. The largest absolute Gasteiger partial charge is 0.384 e. The Hall–Kier alpha value is -2.48. The smallest absolute Gasteiger partial charge is 0.270 e. The zero-order valence-corrected chi connectivity index (χ0v) is 11.6. The second-order valence-electron chi connectivity index (χ2n) is 3.84. The molecule has 1 heterocycles. The number of rotatable bonds is 3. The Bertz CT molecular complexity index is 690. The van der Waals surface area contributed by atoms with Gasteiger partial charge in [-0.2, -0.15) is 0 Å². The number of nitrogens with two attached hydrogens (primary N) is 1. The van der Waals surface area contributed by atoms with Gasteiger partial charge in [-0.25, -0.2) is 4.98 Å². The maximum absolute atomic E-state index is 12.0. The molecule has 2 aromatic rings. The van der Waals surface area contributed by atoms with Crippen LogP contribution in [0.5, 0.6) is 0 Å². The summed E-state index contributed by atoms with van der Waals surface area (Å²) in [6, 6.07) is 7.03. The standard InChI is InChI=1S/C12H9BrN4O3/c13-9-6-8(17(19)20)1-2-10(9)16-12(18)7-3-4-15-11(14)5-7/h1-6H,(H2,14,15)(H,16,18). The first-order valence-electron chi connectivity index (χ1n) is 5.44. The van der Waals surface area contributed by atoms with E-state index in [1.165, 1.54) is 36.5 Å². The Labute approximate surface area is 122 Å². The number of aromatic nitrogens is 1. The summed E-state index contributed by atoms with van der Waals surface area (Å²) < 4.78 is 0.419. The molecule has 0 aliphatic rings. The second kappa shape index (κ2) is 5.66. The van der Waals surface area contributed by atoms with Crippen molar-refractivity contribution in [2.45, 2.75) is 0 Å². The first-order valence-corrected chi connectivity index (χ1v) is 6.23. The van der Waals surface area contributed by atoms with Crippen molar-refractivity contribution in [3.8, 4) is 0 Å². The van der Waals surface area contributed by atoms with Crippen LogP contribution in [0.15, 0.2) is 41.0 Å². The number of benzene rings is 1. The van der Waals surface area contributed by atoms with Gasteiger partial charge in [0.05, 0.1) is 10.6 Å². The number of carbonyl (C=O) groups is 1. The van der Waals surface area contributed by atoms with E-state index in [9.17, 15) is 14.9 Å². The van der Waals surface area contributed by atoms with Gasteiger partial charge in [0.15, 0.2) is 0 Å². The first-order chi connectivity index (χ1) is 9.47. The van der Waals surface area contributed by atoms with E-state index in [2.05, 4.69) is 26.2 Å². The lowest BCUT2D eigenvalue weighted by molar-refractivity contribution is -0.384. The highest BCUT2D eigenvalue weighted by molar-refractivity contribution is 9.10. The molecular formula is C12H9BrN4O3. The summed E-state index contributed by atoms with van der Waals surface area (Å²) in [7, 11) is 0. The molecule has 1 aromatic carbocycles. The van der Waals surface area contributed by atoms with E-state index in [1.807, 2.05) is 0 Å². The fourth-order valence-electron chi connectivity index (χ4n) is 1.50. The molecule has 3 N–H and O–H groups in total. The topological polar surface area (TPSA) is 111 Å². The van der Waals surface area contributed by atoms with Crippen LogP contribution in [-0.4, -0.2) is 15.8 Å². The molecule has 0 radical (unpaired) electrons. The van der Waals surface area contributed by atoms with Crippen LogP contribution in [0.4, 0.5) is 17.2 Å². The fourth-order valence-corrected chi connectivity index (χ4v) is 1.97. The minimum atomic E-state index is -0.514. The summed E-state index contributed by atoms with van der Waals surface area (Å²) in [4.78, 5) is 25.9. The second-order valence-corrected chi connectivity index (χ2v) is 4.70. The first kappa shape index (κ1) is 13.9. The predicted octanol–water partition coefficient (Wildman–Crippen LogP) is 2.59. The molecule has 102 valence electrons.